The van der Waals surface area contributed by atoms with E-state index in [1.54, 1.807) is 18.2 Å². The topological polar surface area (TPSA) is 126 Å². The summed E-state index contributed by atoms with van der Waals surface area (Å²) in [6.07, 6.45) is -1.09. The molecule has 0 bridgehead atoms. The number of cyclic esters (lactones) is 1. The first-order valence-corrected chi connectivity index (χ1v) is 9.64. The van der Waals surface area contributed by atoms with E-state index in [1.807, 2.05) is 0 Å². The van der Waals surface area contributed by atoms with Crippen LogP contribution < -0.4 is 10.2 Å². The minimum Gasteiger partial charge on any atom is -0.442 e. The molecule has 10 nitrogen and oxygen atoms in total. The summed E-state index contributed by atoms with van der Waals surface area (Å²) in [5, 5.41) is 23.7. The number of aliphatic hydroxyl groups is 1. The average molecular weight is 429 g/mol. The molecule has 1 aromatic carbocycles. The maximum atomic E-state index is 14.8. The molecule has 3 heterocycles. The average Bonchev–Trinajstić information content (AvgIpc) is 3.39. The van der Waals surface area contributed by atoms with Crippen molar-refractivity contribution < 1.29 is 28.7 Å². The maximum Gasteiger partial charge on any atom is 0.414 e. The van der Waals surface area contributed by atoms with Crippen LogP contribution in [0.2, 0.25) is 0 Å². The number of rotatable bonds is 6. The minimum atomic E-state index is -0.604. The smallest absolute Gasteiger partial charge is 0.414 e. The van der Waals surface area contributed by atoms with E-state index >= 15 is 0 Å². The number of amides is 2. The molecule has 2 N–H and O–H groups in total. The van der Waals surface area contributed by atoms with Crippen LogP contribution in [-0.4, -0.2) is 64.9 Å². The van der Waals surface area contributed by atoms with Crippen molar-refractivity contribution in [2.24, 2.45) is 5.16 Å². The highest BCUT2D eigenvalue weighted by Crippen LogP contribution is 2.28. The third-order valence-corrected chi connectivity index (χ3v) is 4.89. The van der Waals surface area contributed by atoms with Crippen LogP contribution in [0.4, 0.5) is 14.9 Å². The second-order valence-corrected chi connectivity index (χ2v) is 7.17. The first-order valence-electron chi connectivity index (χ1n) is 9.64. The Bertz CT molecular complexity index is 1030. The molecular weight excluding hydrogens is 409 g/mol. The third kappa shape index (κ3) is 4.45. The molecular formula is C20H20FN5O5. The molecule has 2 aliphatic rings. The fourth-order valence-corrected chi connectivity index (χ4v) is 3.28. The van der Waals surface area contributed by atoms with E-state index < -0.39 is 24.1 Å². The molecule has 4 rings (SSSR count). The number of anilines is 1. The second kappa shape index (κ2) is 8.64. The van der Waals surface area contributed by atoms with Gasteiger partial charge in [0.05, 0.1) is 31.1 Å². The lowest BCUT2D eigenvalue weighted by Gasteiger charge is -2.14. The van der Waals surface area contributed by atoms with E-state index in [0.717, 1.165) is 0 Å². The molecule has 31 heavy (non-hydrogen) atoms. The molecule has 0 spiro atoms. The van der Waals surface area contributed by atoms with Crippen molar-refractivity contribution in [1.82, 2.24) is 15.5 Å². The lowest BCUT2D eigenvalue weighted by Crippen LogP contribution is -2.33. The number of hydrogen-bond acceptors (Lipinski definition) is 8. The first kappa shape index (κ1) is 20.7. The van der Waals surface area contributed by atoms with Gasteiger partial charge in [-0.25, -0.2) is 9.18 Å². The highest BCUT2D eigenvalue weighted by molar-refractivity contribution is 5.99. The summed E-state index contributed by atoms with van der Waals surface area (Å²) in [6, 6.07) is 7.61. The molecule has 11 heteroatoms. The molecule has 0 saturated carbocycles. The molecule has 2 atom stereocenters. The Labute approximate surface area is 176 Å². The van der Waals surface area contributed by atoms with Gasteiger partial charge in [-0.05, 0) is 30.3 Å². The third-order valence-electron chi connectivity index (χ3n) is 4.89. The summed E-state index contributed by atoms with van der Waals surface area (Å²) in [4.78, 5) is 29.5. The lowest BCUT2D eigenvalue weighted by atomic mass is 10.1. The molecule has 2 aromatic rings. The van der Waals surface area contributed by atoms with Gasteiger partial charge in [-0.3, -0.25) is 9.69 Å². The van der Waals surface area contributed by atoms with E-state index in [4.69, 9.17) is 14.7 Å². The predicted octanol–water partition coefficient (Wildman–Crippen LogP) is 1.23. The summed E-state index contributed by atoms with van der Waals surface area (Å²) in [5.74, 6) is -0.794. The summed E-state index contributed by atoms with van der Waals surface area (Å²) < 4.78 is 20.0. The SMILES string of the molecule is CC(=O)NCC1CN(c2ccc(-c3ccc(C4=NOC(CO)C4)nn3)c(F)c2)C(=O)O1. The number of aliphatic hydroxyl groups excluding tert-OH is 1. The summed E-state index contributed by atoms with van der Waals surface area (Å²) >= 11 is 0. The predicted molar refractivity (Wildman–Crippen MR) is 107 cm³/mol. The van der Waals surface area contributed by atoms with Crippen LogP contribution >= 0.6 is 0 Å². The van der Waals surface area contributed by atoms with Gasteiger partial charge in [0.2, 0.25) is 5.91 Å². The quantitative estimate of drug-likeness (QED) is 0.707. The highest BCUT2D eigenvalue weighted by atomic mass is 19.1. The van der Waals surface area contributed by atoms with Crippen molar-refractivity contribution in [3.8, 4) is 11.3 Å². The Hall–Kier alpha value is -3.60. The second-order valence-electron chi connectivity index (χ2n) is 7.17. The number of carbonyl (C=O) groups excluding carboxylic acids is 2. The summed E-state index contributed by atoms with van der Waals surface area (Å²) in [7, 11) is 0. The van der Waals surface area contributed by atoms with Crippen molar-refractivity contribution in [2.45, 2.75) is 25.6 Å². The van der Waals surface area contributed by atoms with Gasteiger partial charge in [-0.2, -0.15) is 0 Å². The van der Waals surface area contributed by atoms with Crippen molar-refractivity contribution in [1.29, 1.82) is 0 Å². The zero-order valence-corrected chi connectivity index (χ0v) is 16.6. The van der Waals surface area contributed by atoms with Crippen molar-refractivity contribution >= 4 is 23.4 Å². The zero-order chi connectivity index (χ0) is 22.0. The van der Waals surface area contributed by atoms with Crippen molar-refractivity contribution in [3.05, 3.63) is 41.8 Å². The zero-order valence-electron chi connectivity index (χ0n) is 16.6. The normalized spacial score (nSPS) is 20.3. The van der Waals surface area contributed by atoms with Gasteiger partial charge in [0.25, 0.3) is 0 Å². The van der Waals surface area contributed by atoms with E-state index in [-0.39, 0.29) is 31.2 Å². The first-order chi connectivity index (χ1) is 14.9. The van der Waals surface area contributed by atoms with Crippen LogP contribution in [0, 0.1) is 5.82 Å². The molecule has 1 saturated heterocycles. The Morgan fingerprint density at radius 1 is 1.26 bits per heavy atom. The van der Waals surface area contributed by atoms with E-state index in [9.17, 15) is 14.0 Å². The Kier molecular flexibility index (Phi) is 5.76. The molecule has 0 aliphatic carbocycles. The molecule has 2 amide bonds. The molecule has 2 aliphatic heterocycles. The maximum absolute atomic E-state index is 14.8. The number of oxime groups is 1. The van der Waals surface area contributed by atoms with Gasteiger partial charge >= 0.3 is 6.09 Å². The molecule has 162 valence electrons. The van der Waals surface area contributed by atoms with Crippen LogP contribution in [0.3, 0.4) is 0 Å². The van der Waals surface area contributed by atoms with Crippen LogP contribution in [0.15, 0.2) is 35.5 Å². The van der Waals surface area contributed by atoms with Gasteiger partial charge in [0.15, 0.2) is 6.10 Å². The summed E-state index contributed by atoms with van der Waals surface area (Å²) in [5.41, 5.74) is 1.94. The largest absolute Gasteiger partial charge is 0.442 e. The number of carbonyl (C=O) groups is 2. The molecule has 1 fully saturated rings. The highest BCUT2D eigenvalue weighted by Gasteiger charge is 2.32. The standard InChI is InChI=1S/C20H20FN5O5/c1-11(28)22-8-14-9-26(20(29)30-14)12-2-3-15(16(21)6-12)17-4-5-18(24-23-17)19-7-13(10-27)31-25-19/h2-6,13-14,27H,7-10H2,1H3,(H,22,28). The summed E-state index contributed by atoms with van der Waals surface area (Å²) in [6.45, 7) is 1.62. The van der Waals surface area contributed by atoms with Gasteiger partial charge < -0.3 is 20.0 Å². The van der Waals surface area contributed by atoms with E-state index in [2.05, 4.69) is 20.7 Å². The number of nitrogens with one attached hydrogen (secondary N) is 1. The number of halogens is 1. The number of hydrogen-bond donors (Lipinski definition) is 2. The Morgan fingerprint density at radius 3 is 2.68 bits per heavy atom. The number of nitrogens with zero attached hydrogens (tertiary/aromatic N) is 4. The van der Waals surface area contributed by atoms with Gasteiger partial charge in [-0.15, -0.1) is 10.2 Å². The van der Waals surface area contributed by atoms with Gasteiger partial charge in [0, 0.05) is 18.9 Å². The number of benzene rings is 1. The Morgan fingerprint density at radius 2 is 2.03 bits per heavy atom. The van der Waals surface area contributed by atoms with Crippen molar-refractivity contribution in [2.75, 3.05) is 24.6 Å². The molecule has 0 radical (unpaired) electrons. The fraction of sp³-hybridized carbons (Fsp3) is 0.350. The molecule has 2 unspecified atom stereocenters. The van der Waals surface area contributed by atoms with E-state index in [0.29, 0.717) is 29.2 Å². The van der Waals surface area contributed by atoms with E-state index in [1.165, 1.54) is 24.0 Å². The van der Waals surface area contributed by atoms with Crippen LogP contribution in [0.1, 0.15) is 19.0 Å². The van der Waals surface area contributed by atoms with Crippen molar-refractivity contribution in [3.63, 3.8) is 0 Å². The lowest BCUT2D eigenvalue weighted by molar-refractivity contribution is -0.119. The van der Waals surface area contributed by atoms with Gasteiger partial charge in [0.1, 0.15) is 23.3 Å². The number of aromatic nitrogens is 2. The molecule has 1 aromatic heterocycles. The van der Waals surface area contributed by atoms with Crippen LogP contribution in [-0.2, 0) is 14.4 Å². The number of ether oxygens (including phenoxy) is 1. The van der Waals surface area contributed by atoms with Crippen LogP contribution in [0.5, 0.6) is 0 Å². The monoisotopic (exact) mass is 429 g/mol. The fourth-order valence-electron chi connectivity index (χ4n) is 3.28. The minimum absolute atomic E-state index is 0.144. The van der Waals surface area contributed by atoms with Crippen LogP contribution in [0.25, 0.3) is 11.3 Å². The van der Waals surface area contributed by atoms with Gasteiger partial charge in [-0.1, -0.05) is 5.16 Å². The Balaban J connectivity index is 1.47.